The van der Waals surface area contributed by atoms with Gasteiger partial charge in [-0.15, -0.1) is 26.3 Å². The Morgan fingerprint density at radius 2 is 1.06 bits per heavy atom. The summed E-state index contributed by atoms with van der Waals surface area (Å²) in [5.41, 5.74) is -0.509. The molecule has 0 bridgehead atoms. The molecule has 0 unspecified atom stereocenters. The third-order valence-electron chi connectivity index (χ3n) is 4.05. The third kappa shape index (κ3) is 2.50. The van der Waals surface area contributed by atoms with Crippen molar-refractivity contribution in [2.75, 3.05) is 0 Å². The monoisotopic (exact) mass is 247 g/mol. The highest BCUT2D eigenvalue weighted by Gasteiger charge is 2.52. The zero-order valence-electron chi connectivity index (χ0n) is 11.3. The van der Waals surface area contributed by atoms with Gasteiger partial charge in [-0.3, -0.25) is 0 Å². The fourth-order valence-corrected chi connectivity index (χ4v) is 3.18. The highest BCUT2D eigenvalue weighted by molar-refractivity contribution is 5.12. The molecule has 1 fully saturated rings. The van der Waals surface area contributed by atoms with Gasteiger partial charge < -0.3 is 5.21 Å². The van der Waals surface area contributed by atoms with E-state index in [2.05, 4.69) is 26.3 Å². The molecule has 0 aromatic carbocycles. The van der Waals surface area contributed by atoms with Crippen LogP contribution in [0.25, 0.3) is 0 Å². The number of hydrogen-bond acceptors (Lipinski definition) is 2. The Morgan fingerprint density at radius 3 is 1.28 bits per heavy atom. The number of hydroxylamine groups is 2. The highest BCUT2D eigenvalue weighted by atomic mass is 16.5. The van der Waals surface area contributed by atoms with Crippen molar-refractivity contribution in [3.05, 3.63) is 50.6 Å². The third-order valence-corrected chi connectivity index (χ3v) is 4.05. The quantitative estimate of drug-likeness (QED) is 0.648. The summed E-state index contributed by atoms with van der Waals surface area (Å²) in [5.74, 6) is 0. The first-order valence-electron chi connectivity index (χ1n) is 6.53. The lowest BCUT2D eigenvalue weighted by molar-refractivity contribution is -0.209. The van der Waals surface area contributed by atoms with Crippen molar-refractivity contribution in [1.29, 1.82) is 0 Å². The predicted octanol–water partition coefficient (Wildman–Crippen LogP) is 4.25. The molecule has 0 aromatic rings. The number of rotatable bonds is 8. The average molecular weight is 247 g/mol. The fraction of sp³-hybridized carbons (Fsp3) is 0.500. The molecular formula is C16H25NO. The van der Waals surface area contributed by atoms with E-state index in [-0.39, 0.29) is 11.1 Å². The maximum atomic E-state index is 10.7. The van der Waals surface area contributed by atoms with Gasteiger partial charge in [0.25, 0.3) is 0 Å². The van der Waals surface area contributed by atoms with Gasteiger partial charge in [0.1, 0.15) is 0 Å². The van der Waals surface area contributed by atoms with Gasteiger partial charge in [-0.05, 0) is 38.5 Å². The van der Waals surface area contributed by atoms with Crippen LogP contribution in [0.5, 0.6) is 0 Å². The van der Waals surface area contributed by atoms with E-state index in [4.69, 9.17) is 0 Å². The summed E-state index contributed by atoms with van der Waals surface area (Å²) < 4.78 is 0. The molecule has 2 heteroatoms. The molecule has 2 nitrogen and oxygen atoms in total. The topological polar surface area (TPSA) is 23.5 Å². The summed E-state index contributed by atoms with van der Waals surface area (Å²) in [7, 11) is 0. The first-order valence-corrected chi connectivity index (χ1v) is 6.53. The molecule has 0 aliphatic carbocycles. The van der Waals surface area contributed by atoms with Crippen molar-refractivity contribution in [2.45, 2.75) is 49.6 Å². The largest absolute Gasteiger partial charge is 0.313 e. The standard InChI is InChI=1S/C16H25NO/c1-5-9-15(10-6-2)13-14-16(11-7-3,12-8-4)17(15)18/h5-8,18H,1-4,9-14H2. The summed E-state index contributed by atoms with van der Waals surface area (Å²) in [5, 5.41) is 12.3. The lowest BCUT2D eigenvalue weighted by Gasteiger charge is -2.41. The lowest BCUT2D eigenvalue weighted by atomic mass is 9.88. The summed E-state index contributed by atoms with van der Waals surface area (Å²) in [4.78, 5) is 0. The molecular weight excluding hydrogens is 222 g/mol. The van der Waals surface area contributed by atoms with Crippen LogP contribution >= 0.6 is 0 Å². The fourth-order valence-electron chi connectivity index (χ4n) is 3.18. The molecule has 18 heavy (non-hydrogen) atoms. The molecule has 1 rings (SSSR count). The second-order valence-corrected chi connectivity index (χ2v) is 5.23. The summed E-state index contributed by atoms with van der Waals surface area (Å²) in [6, 6.07) is 0. The second-order valence-electron chi connectivity index (χ2n) is 5.23. The van der Waals surface area contributed by atoms with Crippen molar-refractivity contribution in [3.63, 3.8) is 0 Å². The molecule has 0 aromatic heterocycles. The van der Waals surface area contributed by atoms with E-state index in [0.717, 1.165) is 38.5 Å². The Hall–Kier alpha value is -1.12. The summed E-state index contributed by atoms with van der Waals surface area (Å²) in [6.45, 7) is 15.3. The van der Waals surface area contributed by atoms with E-state index in [1.165, 1.54) is 0 Å². The van der Waals surface area contributed by atoms with Gasteiger partial charge in [-0.25, -0.2) is 0 Å². The normalized spacial score (nSPS) is 21.4. The lowest BCUT2D eigenvalue weighted by Crippen LogP contribution is -2.51. The Morgan fingerprint density at radius 1 is 0.778 bits per heavy atom. The van der Waals surface area contributed by atoms with E-state index in [9.17, 15) is 5.21 Å². The molecule has 0 spiro atoms. The van der Waals surface area contributed by atoms with Gasteiger partial charge in [0.15, 0.2) is 0 Å². The van der Waals surface area contributed by atoms with Crippen LogP contribution in [0, 0.1) is 0 Å². The smallest absolute Gasteiger partial charge is 0.0536 e. The molecule has 1 aliphatic heterocycles. The highest BCUT2D eigenvalue weighted by Crippen LogP contribution is 2.47. The van der Waals surface area contributed by atoms with Crippen molar-refractivity contribution in [3.8, 4) is 0 Å². The minimum Gasteiger partial charge on any atom is -0.313 e. The first kappa shape index (κ1) is 14.9. The van der Waals surface area contributed by atoms with Crippen molar-refractivity contribution in [1.82, 2.24) is 5.06 Å². The minimum absolute atomic E-state index is 0.254. The Balaban J connectivity index is 3.05. The van der Waals surface area contributed by atoms with E-state index >= 15 is 0 Å². The van der Waals surface area contributed by atoms with Crippen LogP contribution in [0.15, 0.2) is 50.6 Å². The number of nitrogens with zero attached hydrogens (tertiary/aromatic N) is 1. The SMILES string of the molecule is C=CCC1(CC=C)CCC(CC=C)(CC=C)N1O. The Labute approximate surface area is 111 Å². The van der Waals surface area contributed by atoms with E-state index in [1.54, 1.807) is 5.06 Å². The molecule has 100 valence electrons. The maximum absolute atomic E-state index is 10.7. The minimum atomic E-state index is -0.254. The summed E-state index contributed by atoms with van der Waals surface area (Å²) in [6.07, 6.45) is 12.5. The van der Waals surface area contributed by atoms with Crippen LogP contribution in [0.3, 0.4) is 0 Å². The van der Waals surface area contributed by atoms with Crippen molar-refractivity contribution >= 4 is 0 Å². The molecule has 0 atom stereocenters. The first-order chi connectivity index (χ1) is 8.60. The zero-order valence-corrected chi connectivity index (χ0v) is 11.3. The molecule has 1 heterocycles. The predicted molar refractivity (Wildman–Crippen MR) is 77.6 cm³/mol. The molecule has 1 aliphatic rings. The molecule has 1 N–H and O–H groups in total. The molecule has 0 radical (unpaired) electrons. The molecule has 0 saturated carbocycles. The van der Waals surface area contributed by atoms with E-state index < -0.39 is 0 Å². The van der Waals surface area contributed by atoms with Crippen LogP contribution < -0.4 is 0 Å². The van der Waals surface area contributed by atoms with E-state index in [0.29, 0.717) is 0 Å². The Bertz CT molecular complexity index is 280. The van der Waals surface area contributed by atoms with Gasteiger partial charge >= 0.3 is 0 Å². The van der Waals surface area contributed by atoms with Crippen LogP contribution in [-0.2, 0) is 0 Å². The number of hydrogen-bond donors (Lipinski definition) is 1. The zero-order chi connectivity index (χ0) is 13.6. The van der Waals surface area contributed by atoms with Gasteiger partial charge in [0, 0.05) is 0 Å². The van der Waals surface area contributed by atoms with E-state index in [1.807, 2.05) is 24.3 Å². The van der Waals surface area contributed by atoms with Crippen molar-refractivity contribution < 1.29 is 5.21 Å². The average Bonchev–Trinajstić information content (AvgIpc) is 2.58. The van der Waals surface area contributed by atoms with Gasteiger partial charge in [-0.1, -0.05) is 24.3 Å². The van der Waals surface area contributed by atoms with Crippen LogP contribution in [0.4, 0.5) is 0 Å². The Kier molecular flexibility index (Phi) is 5.12. The van der Waals surface area contributed by atoms with Crippen LogP contribution in [0.1, 0.15) is 38.5 Å². The van der Waals surface area contributed by atoms with Gasteiger partial charge in [0.05, 0.1) is 11.1 Å². The second kappa shape index (κ2) is 6.17. The molecule has 0 amide bonds. The van der Waals surface area contributed by atoms with Crippen molar-refractivity contribution in [2.24, 2.45) is 0 Å². The maximum Gasteiger partial charge on any atom is 0.0536 e. The van der Waals surface area contributed by atoms with Crippen LogP contribution in [0.2, 0.25) is 0 Å². The van der Waals surface area contributed by atoms with Gasteiger partial charge in [0.2, 0.25) is 0 Å². The molecule has 1 saturated heterocycles. The van der Waals surface area contributed by atoms with Crippen LogP contribution in [-0.4, -0.2) is 21.3 Å². The summed E-state index contributed by atoms with van der Waals surface area (Å²) >= 11 is 0. The van der Waals surface area contributed by atoms with Gasteiger partial charge in [-0.2, -0.15) is 5.06 Å².